The molecular formula is C13H10N2S. The molecule has 16 heavy (non-hydrogen) atoms. The van der Waals surface area contributed by atoms with Gasteiger partial charge >= 0.3 is 0 Å². The molecule has 3 heteroatoms. The van der Waals surface area contributed by atoms with E-state index in [2.05, 4.69) is 12.1 Å². The Morgan fingerprint density at radius 3 is 2.56 bits per heavy atom. The summed E-state index contributed by atoms with van der Waals surface area (Å²) in [5.41, 5.74) is 6.28. The van der Waals surface area contributed by atoms with Gasteiger partial charge in [0.2, 0.25) is 0 Å². The van der Waals surface area contributed by atoms with Crippen LogP contribution in [0, 0.1) is 5.41 Å². The fraction of sp³-hybridized carbons (Fsp3) is 0. The van der Waals surface area contributed by atoms with Crippen molar-refractivity contribution in [2.45, 2.75) is 0 Å². The minimum absolute atomic E-state index is 0.124. The molecule has 0 fully saturated rings. The van der Waals surface area contributed by atoms with Crippen LogP contribution in [-0.2, 0) is 0 Å². The smallest absolute Gasteiger partial charge is 0.122 e. The fourth-order valence-electron chi connectivity index (χ4n) is 1.89. The van der Waals surface area contributed by atoms with Gasteiger partial charge in [0.05, 0.1) is 0 Å². The summed E-state index contributed by atoms with van der Waals surface area (Å²) in [6.07, 6.45) is 0. The Bertz CT molecular complexity index is 697. The first-order valence-electron chi connectivity index (χ1n) is 5.01. The highest BCUT2D eigenvalue weighted by atomic mass is 32.1. The van der Waals surface area contributed by atoms with Crippen molar-refractivity contribution in [1.29, 1.82) is 5.41 Å². The first kappa shape index (κ1) is 9.36. The van der Waals surface area contributed by atoms with Gasteiger partial charge < -0.3 is 5.73 Å². The molecule has 3 rings (SSSR count). The summed E-state index contributed by atoms with van der Waals surface area (Å²) >= 11 is 1.74. The zero-order valence-electron chi connectivity index (χ0n) is 8.53. The van der Waals surface area contributed by atoms with Gasteiger partial charge in [-0.05, 0) is 12.1 Å². The predicted octanol–water partition coefficient (Wildman–Crippen LogP) is 3.34. The van der Waals surface area contributed by atoms with Gasteiger partial charge in [0.25, 0.3) is 0 Å². The van der Waals surface area contributed by atoms with E-state index in [0.29, 0.717) is 0 Å². The van der Waals surface area contributed by atoms with E-state index in [4.69, 9.17) is 11.1 Å². The Kier molecular flexibility index (Phi) is 1.94. The van der Waals surface area contributed by atoms with Crippen LogP contribution in [0.3, 0.4) is 0 Å². The predicted molar refractivity (Wildman–Crippen MR) is 70.3 cm³/mol. The average Bonchev–Trinajstić information content (AvgIpc) is 2.66. The van der Waals surface area contributed by atoms with Crippen molar-refractivity contribution < 1.29 is 0 Å². The van der Waals surface area contributed by atoms with Gasteiger partial charge in [-0.3, -0.25) is 5.41 Å². The van der Waals surface area contributed by atoms with Crippen molar-refractivity contribution in [2.75, 3.05) is 0 Å². The van der Waals surface area contributed by atoms with E-state index in [1.165, 1.54) is 20.2 Å². The number of fused-ring (bicyclic) bond motifs is 3. The van der Waals surface area contributed by atoms with Crippen LogP contribution in [0.1, 0.15) is 5.56 Å². The molecule has 2 aromatic carbocycles. The highest BCUT2D eigenvalue weighted by Gasteiger charge is 2.05. The number of hydrogen-bond acceptors (Lipinski definition) is 2. The normalized spacial score (nSPS) is 11.0. The van der Waals surface area contributed by atoms with Crippen LogP contribution in [0.2, 0.25) is 0 Å². The molecular weight excluding hydrogens is 216 g/mol. The van der Waals surface area contributed by atoms with E-state index < -0.39 is 0 Å². The third-order valence-electron chi connectivity index (χ3n) is 2.69. The van der Waals surface area contributed by atoms with E-state index in [1.54, 1.807) is 11.3 Å². The molecule has 2 nitrogen and oxygen atoms in total. The number of nitrogens with two attached hydrogens (primary N) is 1. The van der Waals surface area contributed by atoms with Gasteiger partial charge in [-0.25, -0.2) is 0 Å². The molecule has 0 unspecified atom stereocenters. The number of hydrogen-bond donors (Lipinski definition) is 2. The Morgan fingerprint density at radius 1 is 1.00 bits per heavy atom. The third-order valence-corrected chi connectivity index (χ3v) is 3.82. The topological polar surface area (TPSA) is 49.9 Å². The number of benzene rings is 2. The van der Waals surface area contributed by atoms with Gasteiger partial charge in [0.15, 0.2) is 0 Å². The third kappa shape index (κ3) is 1.29. The molecule has 0 atom stereocenters. The van der Waals surface area contributed by atoms with Gasteiger partial charge in [-0.2, -0.15) is 0 Å². The van der Waals surface area contributed by atoms with Crippen LogP contribution in [0.25, 0.3) is 20.2 Å². The number of rotatable bonds is 1. The van der Waals surface area contributed by atoms with Gasteiger partial charge in [-0.1, -0.05) is 30.3 Å². The number of thiophene rings is 1. The molecule has 0 radical (unpaired) electrons. The lowest BCUT2D eigenvalue weighted by molar-refractivity contribution is 1.43. The molecule has 0 saturated heterocycles. The van der Waals surface area contributed by atoms with Crippen LogP contribution in [0.15, 0.2) is 42.5 Å². The summed E-state index contributed by atoms with van der Waals surface area (Å²) in [7, 11) is 0. The van der Waals surface area contributed by atoms with E-state index in [0.717, 1.165) is 5.56 Å². The Balaban J connectivity index is 2.41. The molecule has 0 spiro atoms. The summed E-state index contributed by atoms with van der Waals surface area (Å²) in [4.78, 5) is 0. The van der Waals surface area contributed by atoms with E-state index >= 15 is 0 Å². The molecule has 0 bridgehead atoms. The molecule has 0 aliphatic rings. The molecule has 1 aromatic heterocycles. The summed E-state index contributed by atoms with van der Waals surface area (Å²) < 4.78 is 2.46. The Hall–Kier alpha value is -1.87. The Morgan fingerprint density at radius 2 is 1.75 bits per heavy atom. The molecule has 1 heterocycles. The van der Waals surface area contributed by atoms with Crippen LogP contribution in [0.4, 0.5) is 0 Å². The summed E-state index contributed by atoms with van der Waals surface area (Å²) in [6, 6.07) is 14.3. The van der Waals surface area contributed by atoms with E-state index in [-0.39, 0.29) is 5.84 Å². The maximum absolute atomic E-state index is 7.43. The lowest BCUT2D eigenvalue weighted by Crippen LogP contribution is -2.10. The monoisotopic (exact) mass is 226 g/mol. The first-order chi connectivity index (χ1) is 7.75. The van der Waals surface area contributed by atoms with Crippen molar-refractivity contribution >= 4 is 37.3 Å². The van der Waals surface area contributed by atoms with Crippen molar-refractivity contribution in [3.8, 4) is 0 Å². The molecule has 3 aromatic rings. The standard InChI is InChI=1S/C13H10N2S/c14-13(15)8-5-6-10-9-3-1-2-4-11(9)16-12(10)7-8/h1-7H,(H3,14,15). The van der Waals surface area contributed by atoms with Crippen molar-refractivity contribution in [3.63, 3.8) is 0 Å². The first-order valence-corrected chi connectivity index (χ1v) is 5.83. The lowest BCUT2D eigenvalue weighted by atomic mass is 10.1. The average molecular weight is 226 g/mol. The molecule has 0 amide bonds. The van der Waals surface area contributed by atoms with Crippen molar-refractivity contribution in [1.82, 2.24) is 0 Å². The number of nitrogen functional groups attached to an aromatic ring is 1. The molecule has 0 aliphatic carbocycles. The maximum Gasteiger partial charge on any atom is 0.122 e. The van der Waals surface area contributed by atoms with Crippen molar-refractivity contribution in [3.05, 3.63) is 48.0 Å². The zero-order chi connectivity index (χ0) is 11.1. The number of nitrogens with one attached hydrogen (secondary N) is 1. The molecule has 0 aliphatic heterocycles. The van der Waals surface area contributed by atoms with Crippen LogP contribution >= 0.6 is 11.3 Å². The second-order valence-electron chi connectivity index (χ2n) is 3.72. The lowest BCUT2D eigenvalue weighted by Gasteiger charge is -1.97. The van der Waals surface area contributed by atoms with Gasteiger partial charge in [0, 0.05) is 25.7 Å². The largest absolute Gasteiger partial charge is 0.384 e. The zero-order valence-corrected chi connectivity index (χ0v) is 9.34. The van der Waals surface area contributed by atoms with Gasteiger partial charge in [-0.15, -0.1) is 11.3 Å². The van der Waals surface area contributed by atoms with Crippen LogP contribution in [0.5, 0.6) is 0 Å². The quantitative estimate of drug-likeness (QED) is 0.485. The van der Waals surface area contributed by atoms with Crippen molar-refractivity contribution in [2.24, 2.45) is 5.73 Å². The maximum atomic E-state index is 7.43. The fourth-order valence-corrected chi connectivity index (χ4v) is 3.04. The molecule has 3 N–H and O–H groups in total. The second-order valence-corrected chi connectivity index (χ2v) is 4.81. The highest BCUT2D eigenvalue weighted by molar-refractivity contribution is 7.25. The number of amidine groups is 1. The molecule has 0 saturated carbocycles. The van der Waals surface area contributed by atoms with Crippen LogP contribution < -0.4 is 5.73 Å². The summed E-state index contributed by atoms with van der Waals surface area (Å²) in [5.74, 6) is 0.124. The van der Waals surface area contributed by atoms with Gasteiger partial charge in [0.1, 0.15) is 5.84 Å². The SMILES string of the molecule is N=C(N)c1ccc2c(c1)sc1ccccc12. The van der Waals surface area contributed by atoms with Crippen LogP contribution in [-0.4, -0.2) is 5.84 Å². The minimum Gasteiger partial charge on any atom is -0.384 e. The van der Waals surface area contributed by atoms with E-state index in [1.807, 2.05) is 30.3 Å². The second kappa shape index (κ2) is 3.32. The van der Waals surface area contributed by atoms with E-state index in [9.17, 15) is 0 Å². The highest BCUT2D eigenvalue weighted by Crippen LogP contribution is 2.33. The summed E-state index contributed by atoms with van der Waals surface area (Å²) in [6.45, 7) is 0. The summed E-state index contributed by atoms with van der Waals surface area (Å²) in [5, 5.41) is 9.94. The molecule has 78 valence electrons. The Labute approximate surface area is 96.8 Å². The minimum atomic E-state index is 0.124.